The minimum Gasteiger partial charge on any atom is -0.481 e. The highest BCUT2D eigenvalue weighted by molar-refractivity contribution is 6.39. The van der Waals surface area contributed by atoms with Gasteiger partial charge in [0.2, 0.25) is 17.7 Å². The van der Waals surface area contributed by atoms with Gasteiger partial charge in [0.25, 0.3) is 0 Å². The Morgan fingerprint density at radius 3 is 2.24 bits per heavy atom. The third-order valence-electron chi connectivity index (χ3n) is 9.34. The van der Waals surface area contributed by atoms with Gasteiger partial charge in [0.1, 0.15) is 0 Å². The van der Waals surface area contributed by atoms with Crippen LogP contribution in [0.3, 0.4) is 0 Å². The molecule has 6 heterocycles. The van der Waals surface area contributed by atoms with Crippen LogP contribution in [0.15, 0.2) is 61.1 Å². The molecular weight excluding hydrogens is 675 g/mol. The van der Waals surface area contributed by atoms with E-state index >= 15 is 0 Å². The SMILES string of the molecule is COc1nc(-c2cccc(-c3ccnc(-c4cnc5c(CNCC6CCC(=O)N6)cn(C)c5c4)c3Cl)c2Cl)ccc1CNCC1CCC(=O)N1. The third kappa shape index (κ3) is 7.04. The van der Waals surface area contributed by atoms with Crippen LogP contribution < -0.4 is 26.0 Å². The molecule has 5 aromatic rings. The Labute approximate surface area is 300 Å². The van der Waals surface area contributed by atoms with Crippen LogP contribution in [0.4, 0.5) is 0 Å². The van der Waals surface area contributed by atoms with Crippen molar-refractivity contribution in [1.82, 2.24) is 40.8 Å². The lowest BCUT2D eigenvalue weighted by molar-refractivity contribution is -0.120. The molecule has 4 N–H and O–H groups in total. The van der Waals surface area contributed by atoms with Crippen molar-refractivity contribution in [3.05, 3.63) is 82.2 Å². The number of rotatable bonds is 12. The summed E-state index contributed by atoms with van der Waals surface area (Å²) in [6, 6.07) is 13.9. The highest BCUT2D eigenvalue weighted by atomic mass is 35.5. The van der Waals surface area contributed by atoms with E-state index in [1.807, 2.05) is 43.4 Å². The second kappa shape index (κ2) is 14.7. The number of amides is 2. The molecule has 2 aliphatic heterocycles. The molecule has 0 bridgehead atoms. The van der Waals surface area contributed by atoms with Gasteiger partial charge < -0.3 is 30.6 Å². The van der Waals surface area contributed by atoms with E-state index in [0.717, 1.165) is 57.3 Å². The van der Waals surface area contributed by atoms with E-state index in [2.05, 4.69) is 43.1 Å². The number of hydrogen-bond donors (Lipinski definition) is 4. The predicted octanol–water partition coefficient (Wildman–Crippen LogP) is 5.42. The van der Waals surface area contributed by atoms with Gasteiger partial charge in [-0.3, -0.25) is 19.6 Å². The minimum absolute atomic E-state index is 0.0987. The molecule has 0 aliphatic carbocycles. The molecule has 50 heavy (non-hydrogen) atoms. The highest BCUT2D eigenvalue weighted by Gasteiger charge is 2.22. The number of ether oxygens (including phenoxy) is 1. The molecule has 0 radical (unpaired) electrons. The zero-order chi connectivity index (χ0) is 34.8. The Kier molecular flexibility index (Phi) is 10.0. The lowest BCUT2D eigenvalue weighted by atomic mass is 9.99. The summed E-state index contributed by atoms with van der Waals surface area (Å²) in [4.78, 5) is 37.3. The van der Waals surface area contributed by atoms with Crippen LogP contribution in [0, 0.1) is 0 Å². The van der Waals surface area contributed by atoms with Crippen molar-refractivity contribution in [1.29, 1.82) is 0 Å². The minimum atomic E-state index is 0.0987. The Hall–Kier alpha value is -4.55. The van der Waals surface area contributed by atoms with Crippen LogP contribution >= 0.6 is 23.2 Å². The van der Waals surface area contributed by atoms with E-state index in [4.69, 9.17) is 37.9 Å². The van der Waals surface area contributed by atoms with Crippen molar-refractivity contribution in [2.24, 2.45) is 7.05 Å². The first-order valence-corrected chi connectivity index (χ1v) is 17.5. The van der Waals surface area contributed by atoms with E-state index in [-0.39, 0.29) is 23.9 Å². The quantitative estimate of drug-likeness (QED) is 0.135. The fraction of sp³-hybridized carbons (Fsp3) is 0.324. The van der Waals surface area contributed by atoms with Crippen LogP contribution in [0.1, 0.15) is 36.8 Å². The van der Waals surface area contributed by atoms with Crippen LogP contribution in [0.5, 0.6) is 5.88 Å². The number of aromatic nitrogens is 4. The third-order valence-corrected chi connectivity index (χ3v) is 10.1. The standard InChI is InChI=1S/C37H38Cl2N8O3/c1-47-20-23(16-41-19-25-8-11-32(49)45-25)35-30(47)14-22(17-43-35)36-34(39)27(12-13-42-36)26-4-3-5-28(33(26)38)29-9-6-21(37(46-29)50-2)15-40-18-24-7-10-31(48)44-24/h3-6,9,12-14,17,20,24-25,40-41H,7-8,10-11,15-16,18-19H2,1-2H3,(H,44,48)(H,45,49). The summed E-state index contributed by atoms with van der Waals surface area (Å²) in [7, 11) is 3.59. The summed E-state index contributed by atoms with van der Waals surface area (Å²) in [6.45, 7) is 2.58. The van der Waals surface area contributed by atoms with Gasteiger partial charge in [0.05, 0.1) is 39.6 Å². The Bertz CT molecular complexity index is 2080. The molecular formula is C37H38Cl2N8O3. The number of halogens is 2. The monoisotopic (exact) mass is 712 g/mol. The summed E-state index contributed by atoms with van der Waals surface area (Å²) in [6.07, 6.45) is 8.45. The normalized spacial score (nSPS) is 17.4. The van der Waals surface area contributed by atoms with E-state index in [9.17, 15) is 9.59 Å². The number of benzene rings is 1. The van der Waals surface area contributed by atoms with Crippen molar-refractivity contribution in [3.8, 4) is 39.5 Å². The summed E-state index contributed by atoms with van der Waals surface area (Å²) >= 11 is 14.2. The van der Waals surface area contributed by atoms with Gasteiger partial charge in [-0.15, -0.1) is 0 Å². The van der Waals surface area contributed by atoms with Gasteiger partial charge in [0, 0.05) is 110 Å². The number of methoxy groups -OCH3 is 1. The zero-order valence-corrected chi connectivity index (χ0v) is 29.4. The molecule has 0 spiro atoms. The molecule has 2 saturated heterocycles. The lowest BCUT2D eigenvalue weighted by Gasteiger charge is -2.15. The van der Waals surface area contributed by atoms with Crippen LogP contribution in [0.25, 0.3) is 44.7 Å². The Morgan fingerprint density at radius 1 is 0.880 bits per heavy atom. The smallest absolute Gasteiger partial charge is 0.220 e. The molecule has 2 amide bonds. The number of pyridine rings is 3. The van der Waals surface area contributed by atoms with Crippen LogP contribution in [-0.2, 0) is 29.7 Å². The molecule has 7 rings (SSSR count). The molecule has 13 heteroatoms. The summed E-state index contributed by atoms with van der Waals surface area (Å²) in [5.74, 6) is 0.714. The Morgan fingerprint density at radius 2 is 1.56 bits per heavy atom. The highest BCUT2D eigenvalue weighted by Crippen LogP contribution is 2.42. The van der Waals surface area contributed by atoms with Gasteiger partial charge in [-0.1, -0.05) is 47.5 Å². The number of nitrogens with zero attached hydrogens (tertiary/aromatic N) is 4. The summed E-state index contributed by atoms with van der Waals surface area (Å²) < 4.78 is 7.70. The molecule has 11 nitrogen and oxygen atoms in total. The topological polar surface area (TPSA) is 135 Å². The van der Waals surface area contributed by atoms with Crippen molar-refractivity contribution in [2.45, 2.75) is 50.9 Å². The number of nitrogens with one attached hydrogen (secondary N) is 4. The van der Waals surface area contributed by atoms with E-state index in [1.165, 1.54) is 0 Å². The van der Waals surface area contributed by atoms with E-state index in [1.54, 1.807) is 19.5 Å². The zero-order valence-electron chi connectivity index (χ0n) is 27.9. The Balaban J connectivity index is 1.11. The number of carbonyl (C=O) groups is 2. The fourth-order valence-electron chi connectivity index (χ4n) is 6.74. The molecule has 258 valence electrons. The number of aryl methyl sites for hydroxylation is 1. The summed E-state index contributed by atoms with van der Waals surface area (Å²) in [5, 5.41) is 13.8. The van der Waals surface area contributed by atoms with E-state index in [0.29, 0.717) is 66.3 Å². The van der Waals surface area contributed by atoms with Crippen molar-refractivity contribution >= 4 is 46.0 Å². The molecule has 2 atom stereocenters. The van der Waals surface area contributed by atoms with Crippen molar-refractivity contribution in [3.63, 3.8) is 0 Å². The number of fused-ring (bicyclic) bond motifs is 1. The van der Waals surface area contributed by atoms with Gasteiger partial charge >= 0.3 is 0 Å². The van der Waals surface area contributed by atoms with Gasteiger partial charge in [-0.05, 0) is 31.0 Å². The number of carbonyl (C=O) groups excluding carboxylic acids is 2. The lowest BCUT2D eigenvalue weighted by Crippen LogP contribution is -2.35. The maximum atomic E-state index is 11.5. The largest absolute Gasteiger partial charge is 0.481 e. The second-order valence-electron chi connectivity index (χ2n) is 12.8. The van der Waals surface area contributed by atoms with E-state index < -0.39 is 0 Å². The first-order chi connectivity index (χ1) is 24.3. The molecule has 0 saturated carbocycles. The van der Waals surface area contributed by atoms with Crippen LogP contribution in [-0.4, -0.2) is 63.6 Å². The van der Waals surface area contributed by atoms with Gasteiger partial charge in [-0.2, -0.15) is 0 Å². The first kappa shape index (κ1) is 33.9. The summed E-state index contributed by atoms with van der Waals surface area (Å²) in [5.41, 5.74) is 8.13. The van der Waals surface area contributed by atoms with Crippen molar-refractivity contribution in [2.75, 3.05) is 20.2 Å². The van der Waals surface area contributed by atoms with Gasteiger partial charge in [0.15, 0.2) is 0 Å². The van der Waals surface area contributed by atoms with Gasteiger partial charge in [-0.25, -0.2) is 4.98 Å². The molecule has 1 aromatic carbocycles. The average molecular weight is 714 g/mol. The second-order valence-corrected chi connectivity index (χ2v) is 13.5. The van der Waals surface area contributed by atoms with Crippen molar-refractivity contribution < 1.29 is 14.3 Å². The maximum Gasteiger partial charge on any atom is 0.220 e. The fourth-order valence-corrected chi connectivity index (χ4v) is 7.38. The number of hydrogen-bond acceptors (Lipinski definition) is 8. The molecule has 2 unspecified atom stereocenters. The maximum absolute atomic E-state index is 11.5. The average Bonchev–Trinajstić information content (AvgIpc) is 3.83. The molecule has 4 aromatic heterocycles. The molecule has 2 fully saturated rings. The molecule has 2 aliphatic rings. The first-order valence-electron chi connectivity index (χ1n) is 16.7. The predicted molar refractivity (Wildman–Crippen MR) is 195 cm³/mol. The van der Waals surface area contributed by atoms with Crippen LogP contribution in [0.2, 0.25) is 10.0 Å².